The zero-order valence-corrected chi connectivity index (χ0v) is 24.6. The summed E-state index contributed by atoms with van der Waals surface area (Å²) in [5, 5.41) is 3.42. The van der Waals surface area contributed by atoms with Crippen molar-refractivity contribution in [1.29, 1.82) is 0 Å². The molecule has 40 heavy (non-hydrogen) atoms. The molecule has 0 fully saturated rings. The van der Waals surface area contributed by atoms with Gasteiger partial charge in [-0.15, -0.1) is 0 Å². The number of carbonyl (C=O) groups is 2. The quantitative estimate of drug-likeness (QED) is 0.278. The molecule has 0 heterocycles. The number of para-hydroxylation sites is 1. The van der Waals surface area contributed by atoms with Gasteiger partial charge in [0.2, 0.25) is 11.8 Å². The van der Waals surface area contributed by atoms with E-state index in [2.05, 4.69) is 5.32 Å². The van der Waals surface area contributed by atoms with Crippen molar-refractivity contribution in [3.8, 4) is 5.75 Å². The second kappa shape index (κ2) is 14.7. The second-order valence-electron chi connectivity index (χ2n) is 9.11. The maximum Gasteiger partial charge on any atom is 0.264 e. The van der Waals surface area contributed by atoms with Crippen molar-refractivity contribution < 1.29 is 22.7 Å². The Labute approximate surface area is 241 Å². The molecule has 0 saturated carbocycles. The van der Waals surface area contributed by atoms with Crippen molar-refractivity contribution in [3.63, 3.8) is 0 Å². The third kappa shape index (κ3) is 7.99. The summed E-state index contributed by atoms with van der Waals surface area (Å²) in [4.78, 5) is 28.6. The van der Waals surface area contributed by atoms with E-state index in [1.54, 1.807) is 66.7 Å². The van der Waals surface area contributed by atoms with Gasteiger partial charge >= 0.3 is 0 Å². The van der Waals surface area contributed by atoms with Crippen LogP contribution >= 0.6 is 11.6 Å². The number of rotatable bonds is 14. The lowest BCUT2D eigenvalue weighted by Crippen LogP contribution is -2.52. The van der Waals surface area contributed by atoms with Gasteiger partial charge in [0, 0.05) is 18.1 Å². The first-order valence-electron chi connectivity index (χ1n) is 13.3. The first kappa shape index (κ1) is 31.0. The highest BCUT2D eigenvalue weighted by atomic mass is 35.5. The molecule has 0 aliphatic carbocycles. The Morgan fingerprint density at radius 2 is 1.57 bits per heavy atom. The van der Waals surface area contributed by atoms with E-state index in [9.17, 15) is 18.0 Å². The number of carbonyl (C=O) groups excluding carboxylic acids is 2. The molecule has 0 spiro atoms. The van der Waals surface area contributed by atoms with Gasteiger partial charge in [0.15, 0.2) is 0 Å². The summed E-state index contributed by atoms with van der Waals surface area (Å²) in [5.74, 6) is -0.249. The van der Waals surface area contributed by atoms with Gasteiger partial charge in [-0.05, 0) is 73.9 Å². The summed E-state index contributed by atoms with van der Waals surface area (Å²) in [5.41, 5.74) is 1.10. The molecule has 214 valence electrons. The number of ether oxygens (including phenoxy) is 1. The van der Waals surface area contributed by atoms with Crippen molar-refractivity contribution in [2.75, 3.05) is 24.0 Å². The predicted octanol–water partition coefficient (Wildman–Crippen LogP) is 5.27. The van der Waals surface area contributed by atoms with Crippen molar-refractivity contribution in [2.24, 2.45) is 0 Å². The highest BCUT2D eigenvalue weighted by molar-refractivity contribution is 7.92. The summed E-state index contributed by atoms with van der Waals surface area (Å²) in [6.45, 7) is 6.15. The molecule has 2 amide bonds. The van der Waals surface area contributed by atoms with Gasteiger partial charge in [-0.25, -0.2) is 8.42 Å². The molecule has 0 radical (unpaired) electrons. The lowest BCUT2D eigenvalue weighted by molar-refractivity contribution is -0.140. The fourth-order valence-electron chi connectivity index (χ4n) is 4.20. The van der Waals surface area contributed by atoms with Crippen LogP contribution in [0.25, 0.3) is 0 Å². The zero-order chi connectivity index (χ0) is 29.1. The Morgan fingerprint density at radius 3 is 2.15 bits per heavy atom. The van der Waals surface area contributed by atoms with Gasteiger partial charge in [0.05, 0.1) is 17.2 Å². The van der Waals surface area contributed by atoms with Crippen molar-refractivity contribution >= 4 is 39.1 Å². The van der Waals surface area contributed by atoms with E-state index in [-0.39, 0.29) is 17.3 Å². The Morgan fingerprint density at radius 1 is 0.925 bits per heavy atom. The molecule has 0 aliphatic rings. The second-order valence-corrected chi connectivity index (χ2v) is 11.4. The molecular weight excluding hydrogens is 550 g/mol. The topological polar surface area (TPSA) is 96.0 Å². The van der Waals surface area contributed by atoms with E-state index < -0.39 is 28.5 Å². The van der Waals surface area contributed by atoms with Crippen LogP contribution in [0.5, 0.6) is 5.75 Å². The number of sulfonamides is 1. The summed E-state index contributed by atoms with van der Waals surface area (Å²) >= 11 is 6.05. The number of nitrogens with one attached hydrogen (secondary N) is 1. The van der Waals surface area contributed by atoms with E-state index in [0.717, 1.165) is 16.3 Å². The summed E-state index contributed by atoms with van der Waals surface area (Å²) in [7, 11) is -4.15. The van der Waals surface area contributed by atoms with Crippen molar-refractivity contribution in [1.82, 2.24) is 10.2 Å². The maximum absolute atomic E-state index is 14.0. The Bertz CT molecular complexity index is 1350. The van der Waals surface area contributed by atoms with Crippen molar-refractivity contribution in [2.45, 2.75) is 51.1 Å². The lowest BCUT2D eigenvalue weighted by Gasteiger charge is -2.33. The van der Waals surface area contributed by atoms with Crippen LogP contribution in [0.1, 0.15) is 39.2 Å². The smallest absolute Gasteiger partial charge is 0.264 e. The zero-order valence-electron chi connectivity index (χ0n) is 23.0. The van der Waals surface area contributed by atoms with Crippen LogP contribution in [0.3, 0.4) is 0 Å². The van der Waals surface area contributed by atoms with E-state index in [0.29, 0.717) is 36.0 Å². The van der Waals surface area contributed by atoms with Crippen molar-refractivity contribution in [3.05, 3.63) is 89.4 Å². The lowest BCUT2D eigenvalue weighted by atomic mass is 10.1. The van der Waals surface area contributed by atoms with Crippen LogP contribution in [0.15, 0.2) is 83.8 Å². The molecule has 1 N–H and O–H groups in total. The van der Waals surface area contributed by atoms with E-state index in [1.807, 2.05) is 20.8 Å². The number of anilines is 1. The number of halogens is 1. The first-order chi connectivity index (χ1) is 19.2. The third-order valence-corrected chi connectivity index (χ3v) is 8.29. The highest BCUT2D eigenvalue weighted by Crippen LogP contribution is 2.26. The molecule has 3 aromatic rings. The molecule has 1 atom stereocenters. The molecule has 0 bridgehead atoms. The largest absolute Gasteiger partial charge is 0.494 e. The maximum atomic E-state index is 14.0. The van der Waals surface area contributed by atoms with Crippen LogP contribution in [0, 0.1) is 0 Å². The Kier molecular flexibility index (Phi) is 11.4. The highest BCUT2D eigenvalue weighted by Gasteiger charge is 2.33. The van der Waals surface area contributed by atoms with E-state index in [4.69, 9.17) is 16.3 Å². The number of benzene rings is 3. The standard InChI is InChI=1S/C30H36ClN3O5S/c1-4-20-32-30(36)28(5-2)33(21-23-12-14-24(31)15-13-23)29(35)22-34(25-10-8-7-9-11-25)40(37,38)27-18-16-26(17-19-27)39-6-3/h7-19,28H,4-6,20-22H2,1-3H3,(H,32,36). The van der Waals surface area contributed by atoms with Gasteiger partial charge < -0.3 is 15.0 Å². The van der Waals surface area contributed by atoms with Gasteiger partial charge in [-0.2, -0.15) is 0 Å². The Hall–Kier alpha value is -3.56. The molecule has 0 aliphatic heterocycles. The SMILES string of the molecule is CCCNC(=O)C(CC)N(Cc1ccc(Cl)cc1)C(=O)CN(c1ccccc1)S(=O)(=O)c1ccc(OCC)cc1. The van der Waals surface area contributed by atoms with Crippen LogP contribution < -0.4 is 14.4 Å². The van der Waals surface area contributed by atoms with Crippen LogP contribution in [0.2, 0.25) is 5.02 Å². The molecular formula is C30H36ClN3O5S. The average molecular weight is 586 g/mol. The minimum atomic E-state index is -4.15. The third-order valence-electron chi connectivity index (χ3n) is 6.25. The molecule has 0 saturated heterocycles. The average Bonchev–Trinajstić information content (AvgIpc) is 2.96. The van der Waals surface area contributed by atoms with Crippen LogP contribution in [-0.4, -0.2) is 50.9 Å². The van der Waals surface area contributed by atoms with Crippen LogP contribution in [0.4, 0.5) is 5.69 Å². The Balaban J connectivity index is 2.01. The van der Waals surface area contributed by atoms with Gasteiger partial charge in [0.25, 0.3) is 10.0 Å². The monoisotopic (exact) mass is 585 g/mol. The first-order valence-corrected chi connectivity index (χ1v) is 15.1. The van der Waals surface area contributed by atoms with Gasteiger partial charge in [-0.3, -0.25) is 13.9 Å². The number of nitrogens with zero attached hydrogens (tertiary/aromatic N) is 2. The minimum Gasteiger partial charge on any atom is -0.494 e. The normalized spacial score (nSPS) is 11.9. The molecule has 3 aromatic carbocycles. The van der Waals surface area contributed by atoms with Gasteiger partial charge in [0.1, 0.15) is 18.3 Å². The van der Waals surface area contributed by atoms with Gasteiger partial charge in [-0.1, -0.05) is 55.8 Å². The summed E-state index contributed by atoms with van der Waals surface area (Å²) in [6, 6.07) is 20.7. The summed E-state index contributed by atoms with van der Waals surface area (Å²) in [6.07, 6.45) is 1.10. The fraction of sp³-hybridized carbons (Fsp3) is 0.333. The molecule has 1 unspecified atom stereocenters. The number of hydrogen-bond donors (Lipinski definition) is 1. The number of hydrogen-bond acceptors (Lipinski definition) is 5. The summed E-state index contributed by atoms with van der Waals surface area (Å²) < 4.78 is 34.3. The molecule has 0 aromatic heterocycles. The van der Waals surface area contributed by atoms with E-state index >= 15 is 0 Å². The minimum absolute atomic E-state index is 0.0181. The predicted molar refractivity (Wildman–Crippen MR) is 158 cm³/mol. The van der Waals surface area contributed by atoms with E-state index in [1.165, 1.54) is 17.0 Å². The molecule has 8 nitrogen and oxygen atoms in total. The number of amides is 2. The fourth-order valence-corrected chi connectivity index (χ4v) is 5.74. The molecule has 3 rings (SSSR count). The van der Waals surface area contributed by atoms with Crippen LogP contribution in [-0.2, 0) is 26.2 Å². The molecule has 10 heteroatoms.